The number of nitriles is 1. The van der Waals surface area contributed by atoms with Gasteiger partial charge in [-0.25, -0.2) is 0 Å². The van der Waals surface area contributed by atoms with Crippen molar-refractivity contribution >= 4 is 0 Å². The zero-order valence-corrected chi connectivity index (χ0v) is 18.0. The van der Waals surface area contributed by atoms with Crippen molar-refractivity contribution in [3.8, 4) is 6.07 Å². The zero-order valence-electron chi connectivity index (χ0n) is 18.0. The molecule has 0 radical (unpaired) electrons. The first kappa shape index (κ1) is 21.9. The topological polar surface area (TPSA) is 23.8 Å². The molecule has 0 saturated heterocycles. The molecule has 0 atom stereocenters. The second kappa shape index (κ2) is 12.0. The Morgan fingerprint density at radius 1 is 0.679 bits per heavy atom. The highest BCUT2D eigenvalue weighted by molar-refractivity contribution is 4.91. The minimum absolute atomic E-state index is 0.182. The average molecular weight is 388 g/mol. The summed E-state index contributed by atoms with van der Waals surface area (Å²) in [6, 6.07) is 2.49. The van der Waals surface area contributed by atoms with Gasteiger partial charge in [0.05, 0.1) is 12.7 Å². The summed E-state index contributed by atoms with van der Waals surface area (Å²) in [5.74, 6) is 5.21. The molecule has 3 fully saturated rings. The van der Waals surface area contributed by atoms with Crippen LogP contribution in [0.15, 0.2) is 12.2 Å². The van der Waals surface area contributed by atoms with E-state index in [1.807, 2.05) is 0 Å². The van der Waals surface area contributed by atoms with Crippen LogP contribution in [-0.4, -0.2) is 6.67 Å². The van der Waals surface area contributed by atoms with E-state index in [1.54, 1.807) is 0 Å². The maximum Gasteiger partial charge on any atom is 0.0897 e. The molecule has 0 N–H and O–H groups in total. The third kappa shape index (κ3) is 6.60. The van der Waals surface area contributed by atoms with E-state index in [-0.39, 0.29) is 6.67 Å². The van der Waals surface area contributed by atoms with Crippen LogP contribution in [0.5, 0.6) is 0 Å². The van der Waals surface area contributed by atoms with E-state index in [2.05, 4.69) is 18.2 Å². The van der Waals surface area contributed by atoms with E-state index in [0.717, 1.165) is 48.9 Å². The summed E-state index contributed by atoms with van der Waals surface area (Å²) in [4.78, 5) is 0. The molecule has 2 heteroatoms. The van der Waals surface area contributed by atoms with Crippen LogP contribution >= 0.6 is 0 Å². The first-order chi connectivity index (χ1) is 13.8. The van der Waals surface area contributed by atoms with Crippen LogP contribution in [0.3, 0.4) is 0 Å². The van der Waals surface area contributed by atoms with Crippen molar-refractivity contribution in [1.29, 1.82) is 5.26 Å². The van der Waals surface area contributed by atoms with E-state index in [0.29, 0.717) is 12.3 Å². The highest BCUT2D eigenvalue weighted by atomic mass is 19.1. The largest absolute Gasteiger partial charge is 0.251 e. The number of halogens is 1. The summed E-state index contributed by atoms with van der Waals surface area (Å²) in [5, 5.41) is 9.11. The van der Waals surface area contributed by atoms with Gasteiger partial charge in [0.15, 0.2) is 0 Å². The minimum atomic E-state index is -0.182. The highest BCUT2D eigenvalue weighted by Crippen LogP contribution is 2.46. The Labute approximate surface area is 173 Å². The maximum atomic E-state index is 12.1. The van der Waals surface area contributed by atoms with Gasteiger partial charge >= 0.3 is 0 Å². The summed E-state index contributed by atoms with van der Waals surface area (Å²) in [6.07, 6.45) is 25.3. The molecule has 3 saturated carbocycles. The average Bonchev–Trinajstić information content (AvgIpc) is 2.77. The van der Waals surface area contributed by atoms with Crippen LogP contribution in [0, 0.1) is 46.8 Å². The number of hydrogen-bond acceptors (Lipinski definition) is 1. The van der Waals surface area contributed by atoms with Gasteiger partial charge in [-0.1, -0.05) is 25.0 Å². The Hall–Kier alpha value is -0.840. The van der Waals surface area contributed by atoms with E-state index >= 15 is 0 Å². The van der Waals surface area contributed by atoms with Crippen molar-refractivity contribution in [2.24, 2.45) is 35.5 Å². The van der Waals surface area contributed by atoms with Gasteiger partial charge in [0, 0.05) is 5.92 Å². The van der Waals surface area contributed by atoms with Crippen LogP contribution in [-0.2, 0) is 0 Å². The predicted molar refractivity (Wildman–Crippen MR) is 116 cm³/mol. The second-order valence-electron chi connectivity index (χ2n) is 10.1. The normalized spacial score (nSPS) is 37.0. The Morgan fingerprint density at radius 3 is 1.64 bits per heavy atom. The van der Waals surface area contributed by atoms with Gasteiger partial charge in [-0.15, -0.1) is 0 Å². The quantitative estimate of drug-likeness (QED) is 0.305. The molecule has 3 aliphatic carbocycles. The van der Waals surface area contributed by atoms with Crippen molar-refractivity contribution < 1.29 is 4.39 Å². The third-order valence-corrected chi connectivity index (χ3v) is 8.41. The fourth-order valence-electron chi connectivity index (χ4n) is 6.52. The minimum Gasteiger partial charge on any atom is -0.251 e. The summed E-state index contributed by atoms with van der Waals surface area (Å²) >= 11 is 0. The van der Waals surface area contributed by atoms with Gasteiger partial charge in [-0.2, -0.15) is 5.26 Å². The molecule has 0 unspecified atom stereocenters. The summed E-state index contributed by atoms with van der Waals surface area (Å²) in [7, 11) is 0. The van der Waals surface area contributed by atoms with E-state index in [1.165, 1.54) is 77.0 Å². The first-order valence-corrected chi connectivity index (χ1v) is 12.4. The summed E-state index contributed by atoms with van der Waals surface area (Å²) in [6.45, 7) is -0.182. The molecule has 3 rings (SSSR count). The number of unbranched alkanes of at least 4 members (excludes halogenated alkanes) is 1. The predicted octanol–water partition coefficient (Wildman–Crippen LogP) is 8.02. The number of rotatable bonds is 8. The third-order valence-electron chi connectivity index (χ3n) is 8.41. The van der Waals surface area contributed by atoms with Crippen LogP contribution < -0.4 is 0 Å². The molecule has 158 valence electrons. The van der Waals surface area contributed by atoms with Crippen molar-refractivity contribution in [2.45, 2.75) is 103 Å². The van der Waals surface area contributed by atoms with Crippen LogP contribution in [0.1, 0.15) is 103 Å². The van der Waals surface area contributed by atoms with Gasteiger partial charge in [0.25, 0.3) is 0 Å². The lowest BCUT2D eigenvalue weighted by atomic mass is 9.65. The molecule has 0 aromatic heterocycles. The lowest BCUT2D eigenvalue weighted by molar-refractivity contribution is 0.108. The van der Waals surface area contributed by atoms with Gasteiger partial charge in [0.2, 0.25) is 0 Å². The molecule has 0 aliphatic heterocycles. The molecule has 0 aromatic carbocycles. The molecular weight excluding hydrogens is 345 g/mol. The fourth-order valence-corrected chi connectivity index (χ4v) is 6.52. The lowest BCUT2D eigenvalue weighted by Crippen LogP contribution is -2.29. The zero-order chi connectivity index (χ0) is 19.6. The standard InChI is InChI=1S/C26H42FN/c27-19-5-3-1-2-4-6-21-7-11-23(12-8-21)25-15-17-26(18-16-25)24-13-9-22(20-28)10-14-24/h1-2,21-26H,3-19H2/b2-1+/t21-,22-,23-,24-,25?,26?. The lowest BCUT2D eigenvalue weighted by Gasteiger charge is -2.41. The van der Waals surface area contributed by atoms with Crippen LogP contribution in [0.2, 0.25) is 0 Å². The Kier molecular flexibility index (Phi) is 9.36. The molecule has 1 nitrogen and oxygen atoms in total. The fraction of sp³-hybridized carbons (Fsp3) is 0.885. The van der Waals surface area contributed by atoms with Crippen molar-refractivity contribution in [3.63, 3.8) is 0 Å². The highest BCUT2D eigenvalue weighted by Gasteiger charge is 2.34. The Bertz CT molecular complexity index is 483. The van der Waals surface area contributed by atoms with E-state index in [4.69, 9.17) is 5.26 Å². The maximum absolute atomic E-state index is 12.1. The number of hydrogen-bond donors (Lipinski definition) is 0. The molecule has 3 aliphatic rings. The molecule has 0 amide bonds. The number of alkyl halides is 1. The smallest absolute Gasteiger partial charge is 0.0897 e. The Morgan fingerprint density at radius 2 is 1.14 bits per heavy atom. The van der Waals surface area contributed by atoms with E-state index < -0.39 is 0 Å². The van der Waals surface area contributed by atoms with E-state index in [9.17, 15) is 4.39 Å². The van der Waals surface area contributed by atoms with Crippen molar-refractivity contribution in [1.82, 2.24) is 0 Å². The van der Waals surface area contributed by atoms with Crippen molar-refractivity contribution in [3.05, 3.63) is 12.2 Å². The molecule has 28 heavy (non-hydrogen) atoms. The SMILES string of the molecule is N#C[C@H]1CC[C@H](C2CCC([C@H]3CC[C@H](CC/C=C/CCCF)CC3)CC2)CC1. The molecule has 0 spiro atoms. The van der Waals surface area contributed by atoms with Crippen LogP contribution in [0.4, 0.5) is 4.39 Å². The second-order valence-corrected chi connectivity index (χ2v) is 10.1. The molecule has 0 heterocycles. The Balaban J connectivity index is 1.29. The van der Waals surface area contributed by atoms with Crippen LogP contribution in [0.25, 0.3) is 0 Å². The van der Waals surface area contributed by atoms with Crippen molar-refractivity contribution in [2.75, 3.05) is 6.67 Å². The summed E-state index contributed by atoms with van der Waals surface area (Å²) < 4.78 is 12.1. The van der Waals surface area contributed by atoms with Gasteiger partial charge < -0.3 is 0 Å². The number of allylic oxidation sites excluding steroid dienone is 2. The van der Waals surface area contributed by atoms with Gasteiger partial charge in [-0.3, -0.25) is 4.39 Å². The molecule has 0 bridgehead atoms. The number of nitrogens with zero attached hydrogens (tertiary/aromatic N) is 1. The summed E-state index contributed by atoms with van der Waals surface area (Å²) in [5.41, 5.74) is 0. The van der Waals surface area contributed by atoms with Gasteiger partial charge in [0.1, 0.15) is 0 Å². The van der Waals surface area contributed by atoms with Gasteiger partial charge in [-0.05, 0) is 119 Å². The first-order valence-electron chi connectivity index (χ1n) is 12.4. The molecular formula is C26H42FN. The monoisotopic (exact) mass is 387 g/mol. The molecule has 0 aromatic rings.